The lowest BCUT2D eigenvalue weighted by molar-refractivity contribution is -0.131. The number of nitrogens with one attached hydrogen (secondary N) is 1. The van der Waals surface area contributed by atoms with E-state index in [2.05, 4.69) is 9.88 Å². The SMILES string of the molecule is O=C(CCC(=O)N1CCN(c2ccc(F)cc2)CC1)c1ccc2[nH]c(=O)oc2c1. The number of aromatic amines is 1. The van der Waals surface area contributed by atoms with Crippen molar-refractivity contribution in [3.63, 3.8) is 0 Å². The minimum absolute atomic E-state index is 0.0636. The van der Waals surface area contributed by atoms with Gasteiger partial charge in [0.25, 0.3) is 0 Å². The molecule has 29 heavy (non-hydrogen) atoms. The van der Waals surface area contributed by atoms with Crippen LogP contribution in [0.4, 0.5) is 10.1 Å². The van der Waals surface area contributed by atoms with Crippen LogP contribution in [0.15, 0.2) is 51.7 Å². The summed E-state index contributed by atoms with van der Waals surface area (Å²) in [4.78, 5) is 42.5. The molecule has 1 saturated heterocycles. The zero-order valence-electron chi connectivity index (χ0n) is 15.7. The van der Waals surface area contributed by atoms with Gasteiger partial charge in [-0.25, -0.2) is 9.18 Å². The Morgan fingerprint density at radius 3 is 2.45 bits per heavy atom. The van der Waals surface area contributed by atoms with Gasteiger partial charge in [0.15, 0.2) is 11.4 Å². The van der Waals surface area contributed by atoms with Crippen LogP contribution < -0.4 is 10.7 Å². The number of rotatable bonds is 5. The van der Waals surface area contributed by atoms with E-state index in [9.17, 15) is 18.8 Å². The number of piperazine rings is 1. The molecule has 8 heteroatoms. The van der Waals surface area contributed by atoms with Gasteiger partial charge in [-0.05, 0) is 42.5 Å². The zero-order chi connectivity index (χ0) is 20.4. The van der Waals surface area contributed by atoms with Crippen LogP contribution in [0.5, 0.6) is 0 Å². The number of halogens is 1. The van der Waals surface area contributed by atoms with Crippen LogP contribution in [0, 0.1) is 5.82 Å². The Morgan fingerprint density at radius 2 is 1.72 bits per heavy atom. The first-order valence-corrected chi connectivity index (χ1v) is 9.44. The summed E-state index contributed by atoms with van der Waals surface area (Å²) in [5, 5.41) is 0. The van der Waals surface area contributed by atoms with Gasteiger partial charge in [0, 0.05) is 50.3 Å². The lowest BCUT2D eigenvalue weighted by Gasteiger charge is -2.36. The molecule has 0 saturated carbocycles. The fourth-order valence-corrected chi connectivity index (χ4v) is 3.51. The summed E-state index contributed by atoms with van der Waals surface area (Å²) in [5.74, 6) is -1.08. The van der Waals surface area contributed by atoms with Crippen LogP contribution >= 0.6 is 0 Å². The minimum Gasteiger partial charge on any atom is -0.408 e. The summed E-state index contributed by atoms with van der Waals surface area (Å²) in [7, 11) is 0. The molecule has 2 aromatic carbocycles. The molecule has 4 rings (SSSR count). The number of H-pyrrole nitrogens is 1. The Hall–Kier alpha value is -3.42. The van der Waals surface area contributed by atoms with Gasteiger partial charge in [-0.2, -0.15) is 0 Å². The number of oxazole rings is 1. The van der Waals surface area contributed by atoms with E-state index in [1.807, 2.05) is 0 Å². The first-order valence-electron chi connectivity index (χ1n) is 9.44. The summed E-state index contributed by atoms with van der Waals surface area (Å²) in [6, 6.07) is 11.1. The van der Waals surface area contributed by atoms with Crippen LogP contribution in [-0.2, 0) is 4.79 Å². The molecule has 1 aliphatic heterocycles. The number of nitrogens with zero attached hydrogens (tertiary/aromatic N) is 2. The topological polar surface area (TPSA) is 86.6 Å². The van der Waals surface area contributed by atoms with Crippen molar-refractivity contribution in [2.75, 3.05) is 31.1 Å². The van der Waals surface area contributed by atoms with Crippen LogP contribution in [0.2, 0.25) is 0 Å². The number of benzene rings is 2. The van der Waals surface area contributed by atoms with Crippen molar-refractivity contribution < 1.29 is 18.4 Å². The molecule has 0 aliphatic carbocycles. The average molecular weight is 397 g/mol. The van der Waals surface area contributed by atoms with Gasteiger partial charge in [-0.1, -0.05) is 0 Å². The number of anilines is 1. The van der Waals surface area contributed by atoms with Gasteiger partial charge >= 0.3 is 5.76 Å². The number of aromatic nitrogens is 1. The van der Waals surface area contributed by atoms with Crippen molar-refractivity contribution in [1.82, 2.24) is 9.88 Å². The molecule has 0 atom stereocenters. The third-order valence-electron chi connectivity index (χ3n) is 5.13. The molecule has 0 unspecified atom stereocenters. The van der Waals surface area contributed by atoms with Gasteiger partial charge in [0.1, 0.15) is 5.82 Å². The quantitative estimate of drug-likeness (QED) is 0.669. The highest BCUT2D eigenvalue weighted by Crippen LogP contribution is 2.18. The standard InChI is InChI=1S/C21H20FN3O4/c22-15-2-4-16(5-3-15)24-9-11-25(12-10-24)20(27)8-7-18(26)14-1-6-17-19(13-14)29-21(28)23-17/h1-6,13H,7-12H2,(H,23,28). The summed E-state index contributed by atoms with van der Waals surface area (Å²) in [6.45, 7) is 2.44. The predicted molar refractivity (Wildman–Crippen MR) is 106 cm³/mol. The number of amides is 1. The second-order valence-electron chi connectivity index (χ2n) is 6.99. The minimum atomic E-state index is -0.570. The molecule has 1 N–H and O–H groups in total. The van der Waals surface area contributed by atoms with Crippen LogP contribution in [-0.4, -0.2) is 47.8 Å². The van der Waals surface area contributed by atoms with Crippen molar-refractivity contribution in [2.45, 2.75) is 12.8 Å². The van der Waals surface area contributed by atoms with E-state index in [0.29, 0.717) is 42.8 Å². The molecule has 1 amide bonds. The molecule has 7 nitrogen and oxygen atoms in total. The maximum Gasteiger partial charge on any atom is 0.417 e. The number of carbonyl (C=O) groups excluding carboxylic acids is 2. The largest absolute Gasteiger partial charge is 0.417 e. The number of hydrogen-bond acceptors (Lipinski definition) is 5. The molecule has 150 valence electrons. The first kappa shape index (κ1) is 18.9. The van der Waals surface area contributed by atoms with Gasteiger partial charge in [-0.3, -0.25) is 14.6 Å². The van der Waals surface area contributed by atoms with E-state index < -0.39 is 5.76 Å². The first-order chi connectivity index (χ1) is 14.0. The lowest BCUT2D eigenvalue weighted by Crippen LogP contribution is -2.48. The Bertz CT molecular complexity index is 1100. The van der Waals surface area contributed by atoms with E-state index in [1.165, 1.54) is 18.2 Å². The van der Waals surface area contributed by atoms with Crippen LogP contribution in [0.3, 0.4) is 0 Å². The molecule has 0 radical (unpaired) electrons. The summed E-state index contributed by atoms with van der Waals surface area (Å²) >= 11 is 0. The van der Waals surface area contributed by atoms with Crippen LogP contribution in [0.25, 0.3) is 11.1 Å². The summed E-state index contributed by atoms with van der Waals surface area (Å²) in [5.41, 5.74) is 2.19. The molecule has 1 aromatic heterocycles. The highest BCUT2D eigenvalue weighted by Gasteiger charge is 2.22. The number of hydrogen-bond donors (Lipinski definition) is 1. The van der Waals surface area contributed by atoms with Crippen molar-refractivity contribution in [3.05, 3.63) is 64.4 Å². The van der Waals surface area contributed by atoms with Crippen molar-refractivity contribution in [2.24, 2.45) is 0 Å². The van der Waals surface area contributed by atoms with Gasteiger partial charge in [-0.15, -0.1) is 0 Å². The highest BCUT2D eigenvalue weighted by molar-refractivity contribution is 6.00. The molecular weight excluding hydrogens is 377 g/mol. The summed E-state index contributed by atoms with van der Waals surface area (Å²) < 4.78 is 18.0. The monoisotopic (exact) mass is 397 g/mol. The van der Waals surface area contributed by atoms with Gasteiger partial charge < -0.3 is 14.2 Å². The number of fused-ring (bicyclic) bond motifs is 1. The van der Waals surface area contributed by atoms with E-state index in [1.54, 1.807) is 29.2 Å². The number of carbonyl (C=O) groups is 2. The Morgan fingerprint density at radius 1 is 1.00 bits per heavy atom. The van der Waals surface area contributed by atoms with Gasteiger partial charge in [0.05, 0.1) is 5.52 Å². The molecule has 2 heterocycles. The van der Waals surface area contributed by atoms with E-state index in [4.69, 9.17) is 4.42 Å². The summed E-state index contributed by atoms with van der Waals surface area (Å²) in [6.07, 6.45) is 0.224. The molecular formula is C21H20FN3O4. The lowest BCUT2D eigenvalue weighted by atomic mass is 10.1. The number of ketones is 1. The van der Waals surface area contributed by atoms with Crippen molar-refractivity contribution >= 4 is 28.5 Å². The molecule has 0 bridgehead atoms. The molecule has 1 aliphatic rings. The third kappa shape index (κ3) is 4.21. The van der Waals surface area contributed by atoms with E-state index >= 15 is 0 Å². The maximum absolute atomic E-state index is 13.1. The normalized spacial score (nSPS) is 14.4. The van der Waals surface area contributed by atoms with Gasteiger partial charge in [0.2, 0.25) is 5.91 Å². The molecule has 0 spiro atoms. The fourth-order valence-electron chi connectivity index (χ4n) is 3.51. The van der Waals surface area contributed by atoms with Crippen molar-refractivity contribution in [3.8, 4) is 0 Å². The van der Waals surface area contributed by atoms with E-state index in [-0.39, 0.29) is 30.3 Å². The smallest absolute Gasteiger partial charge is 0.408 e. The van der Waals surface area contributed by atoms with Crippen molar-refractivity contribution in [1.29, 1.82) is 0 Å². The Labute approximate surface area is 165 Å². The second kappa shape index (κ2) is 7.90. The zero-order valence-corrected chi connectivity index (χ0v) is 15.7. The predicted octanol–water partition coefficient (Wildman–Crippen LogP) is 2.57. The Kier molecular flexibility index (Phi) is 5.16. The molecule has 1 fully saturated rings. The third-order valence-corrected chi connectivity index (χ3v) is 5.13. The fraction of sp³-hybridized carbons (Fsp3) is 0.286. The molecule has 3 aromatic rings. The Balaban J connectivity index is 1.29. The van der Waals surface area contributed by atoms with E-state index in [0.717, 1.165) is 5.69 Å². The number of Topliss-reactive ketones (excluding diaryl/α,β-unsaturated/α-hetero) is 1. The highest BCUT2D eigenvalue weighted by atomic mass is 19.1. The second-order valence-corrected chi connectivity index (χ2v) is 6.99. The van der Waals surface area contributed by atoms with Crippen LogP contribution in [0.1, 0.15) is 23.2 Å². The average Bonchev–Trinajstić information content (AvgIpc) is 3.11. The maximum atomic E-state index is 13.1.